The lowest BCUT2D eigenvalue weighted by Gasteiger charge is -1.97. The van der Waals surface area contributed by atoms with E-state index in [4.69, 9.17) is 0 Å². The normalized spacial score (nSPS) is 10.9. The van der Waals surface area contributed by atoms with Crippen molar-refractivity contribution in [2.75, 3.05) is 0 Å². The van der Waals surface area contributed by atoms with Gasteiger partial charge in [0.05, 0.1) is 0 Å². The van der Waals surface area contributed by atoms with E-state index < -0.39 is 0 Å². The predicted octanol–water partition coefficient (Wildman–Crippen LogP) is 2.20. The summed E-state index contributed by atoms with van der Waals surface area (Å²) in [5.74, 6) is -0.164. The van der Waals surface area contributed by atoms with E-state index in [2.05, 4.69) is 4.98 Å². The summed E-state index contributed by atoms with van der Waals surface area (Å²) in [5.41, 5.74) is 3.01. The number of aromatic hydroxyl groups is 2. The van der Waals surface area contributed by atoms with Gasteiger partial charge in [0, 0.05) is 22.7 Å². The van der Waals surface area contributed by atoms with E-state index in [0.29, 0.717) is 0 Å². The summed E-state index contributed by atoms with van der Waals surface area (Å²) in [4.78, 5) is 3.12. The van der Waals surface area contributed by atoms with Gasteiger partial charge in [-0.15, -0.1) is 0 Å². The maximum absolute atomic E-state index is 9.29. The van der Waals surface area contributed by atoms with Crippen LogP contribution in [0.15, 0.2) is 12.1 Å². The van der Waals surface area contributed by atoms with E-state index in [1.807, 2.05) is 13.8 Å². The number of phenolic OH excluding ortho intramolecular Hbond substituents is 2. The zero-order valence-electron chi connectivity index (χ0n) is 7.55. The zero-order valence-corrected chi connectivity index (χ0v) is 7.55. The van der Waals surface area contributed by atoms with E-state index in [1.165, 1.54) is 6.07 Å². The number of hydrogen-bond acceptors (Lipinski definition) is 2. The first-order chi connectivity index (χ1) is 6.09. The molecule has 2 rings (SSSR count). The Labute approximate surface area is 75.6 Å². The summed E-state index contributed by atoms with van der Waals surface area (Å²) >= 11 is 0. The summed E-state index contributed by atoms with van der Waals surface area (Å²) in [7, 11) is 0. The van der Waals surface area contributed by atoms with Crippen LogP contribution in [0, 0.1) is 13.8 Å². The number of benzene rings is 1. The summed E-state index contributed by atoms with van der Waals surface area (Å²) in [6.07, 6.45) is 0. The van der Waals surface area contributed by atoms with E-state index in [0.717, 1.165) is 22.2 Å². The Bertz CT molecular complexity index is 471. The average molecular weight is 177 g/mol. The molecule has 0 amide bonds. The first-order valence-electron chi connectivity index (χ1n) is 4.10. The number of phenols is 2. The predicted molar refractivity (Wildman–Crippen MR) is 51.1 cm³/mol. The van der Waals surface area contributed by atoms with Crippen molar-refractivity contribution in [3.63, 3.8) is 0 Å². The number of aromatic amines is 1. The minimum absolute atomic E-state index is 0.0744. The molecule has 1 aromatic heterocycles. The fraction of sp³-hybridized carbons (Fsp3) is 0.200. The Hall–Kier alpha value is -1.64. The number of nitrogens with one attached hydrogen (secondary N) is 1. The molecule has 0 saturated heterocycles. The molecule has 1 aromatic carbocycles. The van der Waals surface area contributed by atoms with Crippen LogP contribution in [0.4, 0.5) is 0 Å². The van der Waals surface area contributed by atoms with Gasteiger partial charge in [0.25, 0.3) is 0 Å². The third kappa shape index (κ3) is 1.04. The fourth-order valence-corrected chi connectivity index (χ4v) is 1.49. The molecule has 13 heavy (non-hydrogen) atoms. The van der Waals surface area contributed by atoms with Gasteiger partial charge in [-0.1, -0.05) is 0 Å². The lowest BCUT2D eigenvalue weighted by Crippen LogP contribution is -1.72. The standard InChI is InChI=1S/C10H11NO2/c1-5-6(2)11-8-4-10(13)9(12)3-7(5)8/h3-4,11-13H,1-2H3. The quantitative estimate of drug-likeness (QED) is 0.540. The summed E-state index contributed by atoms with van der Waals surface area (Å²) in [6, 6.07) is 3.11. The van der Waals surface area contributed by atoms with Crippen LogP contribution in [0.1, 0.15) is 11.3 Å². The Balaban J connectivity index is 2.89. The first-order valence-corrected chi connectivity index (χ1v) is 4.10. The van der Waals surface area contributed by atoms with E-state index in [-0.39, 0.29) is 11.5 Å². The van der Waals surface area contributed by atoms with Gasteiger partial charge in [0.15, 0.2) is 11.5 Å². The number of hydrogen-bond donors (Lipinski definition) is 3. The monoisotopic (exact) mass is 177 g/mol. The molecular weight excluding hydrogens is 166 g/mol. The molecule has 2 aromatic rings. The van der Waals surface area contributed by atoms with Crippen molar-refractivity contribution in [1.29, 1.82) is 0 Å². The van der Waals surface area contributed by atoms with Crippen molar-refractivity contribution in [3.05, 3.63) is 23.4 Å². The minimum Gasteiger partial charge on any atom is -0.504 e. The van der Waals surface area contributed by atoms with Crippen LogP contribution in [0.25, 0.3) is 10.9 Å². The molecule has 0 atom stereocenters. The molecule has 0 aliphatic carbocycles. The number of rotatable bonds is 0. The highest BCUT2D eigenvalue weighted by Crippen LogP contribution is 2.32. The third-order valence-electron chi connectivity index (χ3n) is 2.40. The molecular formula is C10H11NO2. The number of aromatic nitrogens is 1. The lowest BCUT2D eigenvalue weighted by atomic mass is 10.1. The van der Waals surface area contributed by atoms with Crippen molar-refractivity contribution >= 4 is 10.9 Å². The fourth-order valence-electron chi connectivity index (χ4n) is 1.49. The van der Waals surface area contributed by atoms with Gasteiger partial charge in [-0.25, -0.2) is 0 Å². The second kappa shape index (κ2) is 2.42. The molecule has 0 spiro atoms. The molecule has 0 bridgehead atoms. The second-order valence-electron chi connectivity index (χ2n) is 3.26. The maximum Gasteiger partial charge on any atom is 0.159 e. The van der Waals surface area contributed by atoms with Crippen LogP contribution in [0.3, 0.4) is 0 Å². The van der Waals surface area contributed by atoms with Crippen LogP contribution < -0.4 is 0 Å². The highest BCUT2D eigenvalue weighted by molar-refractivity contribution is 5.87. The van der Waals surface area contributed by atoms with Crippen molar-refractivity contribution < 1.29 is 10.2 Å². The number of aryl methyl sites for hydroxylation is 2. The Morgan fingerprint density at radius 1 is 1.08 bits per heavy atom. The topological polar surface area (TPSA) is 56.2 Å². The minimum atomic E-state index is -0.0891. The van der Waals surface area contributed by atoms with Crippen LogP contribution in [-0.4, -0.2) is 15.2 Å². The summed E-state index contributed by atoms with van der Waals surface area (Å²) in [5, 5.41) is 19.5. The Morgan fingerprint density at radius 2 is 1.69 bits per heavy atom. The molecule has 0 unspecified atom stereocenters. The van der Waals surface area contributed by atoms with Gasteiger partial charge in [-0.05, 0) is 25.5 Å². The Kier molecular flexibility index (Phi) is 1.49. The van der Waals surface area contributed by atoms with E-state index >= 15 is 0 Å². The molecule has 3 nitrogen and oxygen atoms in total. The highest BCUT2D eigenvalue weighted by Gasteiger charge is 2.07. The third-order valence-corrected chi connectivity index (χ3v) is 2.40. The van der Waals surface area contributed by atoms with E-state index in [9.17, 15) is 10.2 Å². The van der Waals surface area contributed by atoms with Crippen molar-refractivity contribution in [2.45, 2.75) is 13.8 Å². The van der Waals surface area contributed by atoms with Crippen LogP contribution in [-0.2, 0) is 0 Å². The van der Waals surface area contributed by atoms with Gasteiger partial charge in [0.1, 0.15) is 0 Å². The van der Waals surface area contributed by atoms with Gasteiger partial charge in [0.2, 0.25) is 0 Å². The van der Waals surface area contributed by atoms with Gasteiger partial charge in [-0.3, -0.25) is 0 Å². The van der Waals surface area contributed by atoms with Gasteiger partial charge in [-0.2, -0.15) is 0 Å². The molecule has 0 saturated carbocycles. The SMILES string of the molecule is Cc1[nH]c2cc(O)c(O)cc2c1C. The summed E-state index contributed by atoms with van der Waals surface area (Å²) in [6.45, 7) is 3.94. The second-order valence-corrected chi connectivity index (χ2v) is 3.26. The van der Waals surface area contributed by atoms with Crippen molar-refractivity contribution in [2.24, 2.45) is 0 Å². The molecule has 3 N–H and O–H groups in total. The van der Waals surface area contributed by atoms with Crippen LogP contribution >= 0.6 is 0 Å². The number of fused-ring (bicyclic) bond motifs is 1. The van der Waals surface area contributed by atoms with Gasteiger partial charge < -0.3 is 15.2 Å². The largest absolute Gasteiger partial charge is 0.504 e. The molecule has 0 aliphatic heterocycles. The van der Waals surface area contributed by atoms with E-state index in [1.54, 1.807) is 6.07 Å². The van der Waals surface area contributed by atoms with Gasteiger partial charge >= 0.3 is 0 Å². The van der Waals surface area contributed by atoms with Crippen molar-refractivity contribution in [3.8, 4) is 11.5 Å². The van der Waals surface area contributed by atoms with Crippen LogP contribution in [0.2, 0.25) is 0 Å². The molecule has 0 fully saturated rings. The smallest absolute Gasteiger partial charge is 0.159 e. The molecule has 1 heterocycles. The maximum atomic E-state index is 9.29. The lowest BCUT2D eigenvalue weighted by molar-refractivity contribution is 0.405. The molecule has 3 heteroatoms. The first kappa shape index (κ1) is 7.98. The average Bonchev–Trinajstić information content (AvgIpc) is 2.32. The Morgan fingerprint density at radius 3 is 2.38 bits per heavy atom. The van der Waals surface area contributed by atoms with Crippen molar-refractivity contribution in [1.82, 2.24) is 4.98 Å². The molecule has 68 valence electrons. The number of H-pyrrole nitrogens is 1. The zero-order chi connectivity index (χ0) is 9.59. The molecule has 0 aliphatic rings. The van der Waals surface area contributed by atoms with Crippen LogP contribution in [0.5, 0.6) is 11.5 Å². The highest BCUT2D eigenvalue weighted by atomic mass is 16.3. The summed E-state index contributed by atoms with van der Waals surface area (Å²) < 4.78 is 0. The molecule has 0 radical (unpaired) electrons.